The second kappa shape index (κ2) is 5.66. The normalized spacial score (nSPS) is 15.2. The van der Waals surface area contributed by atoms with E-state index in [0.717, 1.165) is 37.2 Å². The predicted molar refractivity (Wildman–Crippen MR) is 75.3 cm³/mol. The van der Waals surface area contributed by atoms with Crippen molar-refractivity contribution in [2.75, 3.05) is 0 Å². The van der Waals surface area contributed by atoms with E-state index >= 15 is 0 Å². The average Bonchev–Trinajstić information content (AvgIpc) is 2.74. The minimum atomic E-state index is 0.553. The summed E-state index contributed by atoms with van der Waals surface area (Å²) >= 11 is 0. The lowest BCUT2D eigenvalue weighted by Crippen LogP contribution is -2.05. The fourth-order valence-electron chi connectivity index (χ4n) is 2.46. The van der Waals surface area contributed by atoms with E-state index in [2.05, 4.69) is 25.8 Å². The second-order valence-corrected chi connectivity index (χ2v) is 4.85. The monoisotopic (exact) mass is 265 g/mol. The number of rotatable bonds is 2. The molecule has 0 spiro atoms. The molecule has 0 N–H and O–H groups in total. The zero-order chi connectivity index (χ0) is 13.8. The maximum absolute atomic E-state index is 9.42. The highest BCUT2D eigenvalue weighted by atomic mass is 15.3. The molecular weight excluding hydrogens is 250 g/mol. The largest absolute Gasteiger partial charge is 0.310 e. The maximum Gasteiger partial charge on any atom is 0.174 e. The Balaban J connectivity index is 2.01. The molecule has 0 fully saturated rings. The highest BCUT2D eigenvalue weighted by Gasteiger charge is 2.17. The van der Waals surface area contributed by atoms with Crippen LogP contribution in [0, 0.1) is 11.3 Å². The smallest absolute Gasteiger partial charge is 0.174 e. The number of hydrogen-bond donors (Lipinski definition) is 0. The molecule has 1 aliphatic rings. The van der Waals surface area contributed by atoms with E-state index < -0.39 is 0 Å². The fourth-order valence-corrected chi connectivity index (χ4v) is 2.46. The predicted octanol–water partition coefficient (Wildman–Crippen LogP) is 2.46. The van der Waals surface area contributed by atoms with Gasteiger partial charge >= 0.3 is 0 Å². The zero-order valence-electron chi connectivity index (χ0n) is 11.2. The van der Waals surface area contributed by atoms with Crippen LogP contribution in [0.4, 0.5) is 0 Å². The Labute approximate surface area is 117 Å². The van der Waals surface area contributed by atoms with Gasteiger partial charge in [0, 0.05) is 25.4 Å². The van der Waals surface area contributed by atoms with Crippen molar-refractivity contribution in [1.82, 2.24) is 19.7 Å². The van der Waals surface area contributed by atoms with Gasteiger partial charge in [0.05, 0.1) is 5.57 Å². The van der Waals surface area contributed by atoms with Crippen LogP contribution < -0.4 is 0 Å². The van der Waals surface area contributed by atoms with E-state index in [1.54, 1.807) is 12.4 Å². The number of nitriles is 1. The molecule has 2 aromatic rings. The van der Waals surface area contributed by atoms with Crippen LogP contribution >= 0.6 is 0 Å². The lowest BCUT2D eigenvalue weighted by molar-refractivity contribution is 0.627. The SMILES string of the molecule is N#C/C(=C\c1ccncc1)c1nnc2n1CCCCC2. The van der Waals surface area contributed by atoms with Crippen molar-refractivity contribution in [2.24, 2.45) is 0 Å². The molecule has 3 rings (SSSR count). The Kier molecular flexibility index (Phi) is 3.55. The molecule has 0 saturated heterocycles. The summed E-state index contributed by atoms with van der Waals surface area (Å²) in [6.07, 6.45) is 9.68. The molecule has 0 unspecified atom stereocenters. The van der Waals surface area contributed by atoms with Crippen LogP contribution in [-0.4, -0.2) is 19.7 Å². The standard InChI is InChI=1S/C15H15N5/c16-11-13(10-12-5-7-17-8-6-12)15-19-18-14-4-2-1-3-9-20(14)15/h5-8,10H,1-4,9H2/b13-10+. The molecule has 0 radical (unpaired) electrons. The van der Waals surface area contributed by atoms with Gasteiger partial charge < -0.3 is 4.57 Å². The van der Waals surface area contributed by atoms with Gasteiger partial charge in [-0.1, -0.05) is 6.42 Å². The summed E-state index contributed by atoms with van der Waals surface area (Å²) in [5.74, 6) is 1.68. The number of aromatic nitrogens is 4. The first kappa shape index (κ1) is 12.5. The minimum absolute atomic E-state index is 0.553. The summed E-state index contributed by atoms with van der Waals surface area (Å²) in [7, 11) is 0. The molecule has 5 nitrogen and oxygen atoms in total. The van der Waals surface area contributed by atoms with E-state index in [0.29, 0.717) is 11.4 Å². The summed E-state index contributed by atoms with van der Waals surface area (Å²) in [4.78, 5) is 3.98. The van der Waals surface area contributed by atoms with Gasteiger partial charge in [-0.2, -0.15) is 5.26 Å². The Bertz CT molecular complexity index is 663. The summed E-state index contributed by atoms with van der Waals surface area (Å²) in [6, 6.07) is 5.98. The summed E-state index contributed by atoms with van der Waals surface area (Å²) in [5, 5.41) is 17.9. The first-order valence-electron chi connectivity index (χ1n) is 6.83. The van der Waals surface area contributed by atoms with Crippen molar-refractivity contribution >= 4 is 11.6 Å². The van der Waals surface area contributed by atoms with E-state index in [4.69, 9.17) is 0 Å². The molecule has 3 heterocycles. The van der Waals surface area contributed by atoms with Crippen molar-refractivity contribution in [3.63, 3.8) is 0 Å². The van der Waals surface area contributed by atoms with Gasteiger partial charge in [0.1, 0.15) is 11.9 Å². The van der Waals surface area contributed by atoms with E-state index in [1.165, 1.54) is 6.42 Å². The van der Waals surface area contributed by atoms with Crippen LogP contribution in [0.5, 0.6) is 0 Å². The number of fused-ring (bicyclic) bond motifs is 1. The lowest BCUT2D eigenvalue weighted by atomic mass is 10.1. The fraction of sp³-hybridized carbons (Fsp3) is 0.333. The van der Waals surface area contributed by atoms with Crippen molar-refractivity contribution in [2.45, 2.75) is 32.2 Å². The molecule has 0 aromatic carbocycles. The van der Waals surface area contributed by atoms with E-state index in [1.807, 2.05) is 18.2 Å². The summed E-state index contributed by atoms with van der Waals surface area (Å²) < 4.78 is 2.09. The van der Waals surface area contributed by atoms with Gasteiger partial charge in [0.25, 0.3) is 0 Å². The van der Waals surface area contributed by atoms with Crippen LogP contribution in [0.15, 0.2) is 24.5 Å². The summed E-state index contributed by atoms with van der Waals surface area (Å²) in [6.45, 7) is 0.896. The molecule has 0 saturated carbocycles. The molecular formula is C15H15N5. The molecule has 0 atom stereocenters. The number of nitrogens with zero attached hydrogens (tertiary/aromatic N) is 5. The van der Waals surface area contributed by atoms with Gasteiger partial charge in [0.15, 0.2) is 5.82 Å². The first-order chi connectivity index (χ1) is 9.88. The van der Waals surface area contributed by atoms with Crippen LogP contribution in [0.25, 0.3) is 11.6 Å². The first-order valence-corrected chi connectivity index (χ1v) is 6.83. The number of aryl methyl sites for hydroxylation is 1. The Hall–Kier alpha value is -2.48. The maximum atomic E-state index is 9.42. The summed E-state index contributed by atoms with van der Waals surface area (Å²) in [5.41, 5.74) is 1.50. The van der Waals surface area contributed by atoms with E-state index in [9.17, 15) is 5.26 Å². The highest BCUT2D eigenvalue weighted by Crippen LogP contribution is 2.20. The quantitative estimate of drug-likeness (QED) is 0.782. The molecule has 2 aromatic heterocycles. The van der Waals surface area contributed by atoms with Crippen LogP contribution in [0.3, 0.4) is 0 Å². The molecule has 1 aliphatic heterocycles. The second-order valence-electron chi connectivity index (χ2n) is 4.85. The van der Waals surface area contributed by atoms with Crippen LogP contribution in [-0.2, 0) is 13.0 Å². The topological polar surface area (TPSA) is 67.4 Å². The molecule has 5 heteroatoms. The van der Waals surface area contributed by atoms with Gasteiger partial charge in [-0.05, 0) is 36.6 Å². The Morgan fingerprint density at radius 3 is 2.85 bits per heavy atom. The molecule has 0 bridgehead atoms. The number of allylic oxidation sites excluding steroid dienone is 1. The highest BCUT2D eigenvalue weighted by molar-refractivity contribution is 5.87. The molecule has 100 valence electrons. The van der Waals surface area contributed by atoms with Crippen molar-refractivity contribution < 1.29 is 0 Å². The number of hydrogen-bond acceptors (Lipinski definition) is 4. The van der Waals surface area contributed by atoms with Gasteiger partial charge in [0.2, 0.25) is 0 Å². The molecule has 20 heavy (non-hydrogen) atoms. The van der Waals surface area contributed by atoms with Gasteiger partial charge in [-0.3, -0.25) is 4.98 Å². The lowest BCUT2D eigenvalue weighted by Gasteiger charge is -2.05. The third-order valence-electron chi connectivity index (χ3n) is 3.49. The molecule has 0 amide bonds. The minimum Gasteiger partial charge on any atom is -0.310 e. The Morgan fingerprint density at radius 2 is 2.05 bits per heavy atom. The third kappa shape index (κ3) is 2.45. The third-order valence-corrected chi connectivity index (χ3v) is 3.49. The van der Waals surface area contributed by atoms with Crippen molar-refractivity contribution in [3.05, 3.63) is 41.7 Å². The number of pyridine rings is 1. The van der Waals surface area contributed by atoms with E-state index in [-0.39, 0.29) is 0 Å². The van der Waals surface area contributed by atoms with Crippen LogP contribution in [0.2, 0.25) is 0 Å². The zero-order valence-corrected chi connectivity index (χ0v) is 11.2. The van der Waals surface area contributed by atoms with Gasteiger partial charge in [-0.25, -0.2) is 0 Å². The average molecular weight is 265 g/mol. The van der Waals surface area contributed by atoms with Crippen LogP contribution in [0.1, 0.15) is 36.5 Å². The molecule has 0 aliphatic carbocycles. The van der Waals surface area contributed by atoms with Crippen molar-refractivity contribution in [1.29, 1.82) is 5.26 Å². The van der Waals surface area contributed by atoms with Crippen molar-refractivity contribution in [3.8, 4) is 6.07 Å². The van der Waals surface area contributed by atoms with Gasteiger partial charge in [-0.15, -0.1) is 10.2 Å². The Morgan fingerprint density at radius 1 is 1.20 bits per heavy atom.